The van der Waals surface area contributed by atoms with Crippen LogP contribution in [0, 0.1) is 23.7 Å². The van der Waals surface area contributed by atoms with Gasteiger partial charge in [-0.2, -0.15) is 5.21 Å². The lowest BCUT2D eigenvalue weighted by atomic mass is 9.56. The van der Waals surface area contributed by atoms with Crippen LogP contribution in [0.5, 0.6) is 0 Å². The maximum atomic E-state index is 13.8. The van der Waals surface area contributed by atoms with E-state index >= 15 is 0 Å². The fraction of sp³-hybridized carbons (Fsp3) is 0.483. The number of tetrazole rings is 1. The van der Waals surface area contributed by atoms with Crippen molar-refractivity contribution in [1.29, 1.82) is 0 Å². The molecule has 1 N–H and O–H groups in total. The molecule has 0 aliphatic heterocycles. The van der Waals surface area contributed by atoms with E-state index in [1.54, 1.807) is 6.20 Å². The minimum Gasteiger partial charge on any atom is -0.296 e. The molecule has 0 spiro atoms. The second-order valence-corrected chi connectivity index (χ2v) is 10.7. The number of nitrogens with one attached hydrogen (secondary N) is 1. The fourth-order valence-corrected chi connectivity index (χ4v) is 6.37. The van der Waals surface area contributed by atoms with Gasteiger partial charge in [-0.05, 0) is 64.5 Å². The van der Waals surface area contributed by atoms with Gasteiger partial charge in [0.05, 0.1) is 6.54 Å². The van der Waals surface area contributed by atoms with Gasteiger partial charge in [-0.3, -0.25) is 14.1 Å². The monoisotopic (exact) mass is 499 g/mol. The maximum absolute atomic E-state index is 13.8. The summed E-state index contributed by atoms with van der Waals surface area (Å²) in [5.41, 5.74) is 3.90. The van der Waals surface area contributed by atoms with Crippen LogP contribution in [0.3, 0.4) is 0 Å². The Morgan fingerprint density at radius 2 is 1.89 bits per heavy atom. The normalized spacial score (nSPS) is 20.2. The minimum absolute atomic E-state index is 0.0592. The number of nitrogens with zero attached hydrogens (tertiary/aromatic N) is 6. The Kier molecular flexibility index (Phi) is 7.35. The van der Waals surface area contributed by atoms with Crippen molar-refractivity contribution in [2.75, 3.05) is 0 Å². The molecule has 1 aliphatic carbocycles. The van der Waals surface area contributed by atoms with Crippen molar-refractivity contribution in [2.45, 2.75) is 66.0 Å². The van der Waals surface area contributed by atoms with Crippen LogP contribution >= 0.6 is 0 Å². The Balaban J connectivity index is 1.48. The molecule has 3 heterocycles. The first-order chi connectivity index (χ1) is 18.0. The summed E-state index contributed by atoms with van der Waals surface area (Å²) in [6.45, 7) is 9.63. The average molecular weight is 500 g/mol. The van der Waals surface area contributed by atoms with Crippen LogP contribution in [-0.4, -0.2) is 34.7 Å². The molecule has 37 heavy (non-hydrogen) atoms. The smallest absolute Gasteiger partial charge is 0.296 e. The van der Waals surface area contributed by atoms with Crippen molar-refractivity contribution in [3.8, 4) is 22.5 Å². The Bertz CT molecular complexity index is 1370. The highest BCUT2D eigenvalue weighted by atomic mass is 16.1. The summed E-state index contributed by atoms with van der Waals surface area (Å²) in [6, 6.07) is 10.2. The number of pyridine rings is 1. The van der Waals surface area contributed by atoms with E-state index in [4.69, 9.17) is 0 Å². The highest BCUT2D eigenvalue weighted by Gasteiger charge is 2.46. The Morgan fingerprint density at radius 1 is 1.08 bits per heavy atom. The number of aromatic amines is 1. The molecular formula is C29H37N7O. The van der Waals surface area contributed by atoms with Gasteiger partial charge in [0.25, 0.3) is 0 Å². The van der Waals surface area contributed by atoms with Gasteiger partial charge in [-0.1, -0.05) is 64.8 Å². The number of imidazole rings is 1. The van der Waals surface area contributed by atoms with E-state index < -0.39 is 0 Å². The standard InChI is InChI=1S/C29H37N7O/c1-5-9-26(27-20(6-2)16-25(27)19(3)4)36-15-14-35(29(36)37)18-21-17-30-13-12-22(21)23-10-7-8-11-24(23)28-31-33-34-32-28/h7-8,10-15,17,19-20,25-27H,5-6,9,16,18H2,1-4H3,(H,31,32,33,34). The van der Waals surface area contributed by atoms with Gasteiger partial charge in [0, 0.05) is 36.4 Å². The molecule has 1 saturated carbocycles. The zero-order chi connectivity index (χ0) is 25.9. The summed E-state index contributed by atoms with van der Waals surface area (Å²) < 4.78 is 3.85. The van der Waals surface area contributed by atoms with Crippen molar-refractivity contribution in [1.82, 2.24) is 34.7 Å². The van der Waals surface area contributed by atoms with Gasteiger partial charge in [0.1, 0.15) is 0 Å². The molecule has 4 atom stereocenters. The van der Waals surface area contributed by atoms with Crippen molar-refractivity contribution < 1.29 is 0 Å². The molecule has 1 aliphatic rings. The summed E-state index contributed by atoms with van der Waals surface area (Å²) in [5.74, 6) is 3.13. The van der Waals surface area contributed by atoms with Gasteiger partial charge in [0.15, 0.2) is 0 Å². The lowest BCUT2D eigenvalue weighted by Gasteiger charge is -2.51. The van der Waals surface area contributed by atoms with E-state index in [-0.39, 0.29) is 11.7 Å². The zero-order valence-electron chi connectivity index (χ0n) is 22.2. The van der Waals surface area contributed by atoms with Gasteiger partial charge in [0.2, 0.25) is 5.82 Å². The predicted molar refractivity (Wildman–Crippen MR) is 145 cm³/mol. The molecule has 3 aromatic heterocycles. The first-order valence-electron chi connectivity index (χ1n) is 13.6. The van der Waals surface area contributed by atoms with Crippen LogP contribution in [0.25, 0.3) is 22.5 Å². The summed E-state index contributed by atoms with van der Waals surface area (Å²) in [5, 5.41) is 14.6. The van der Waals surface area contributed by atoms with Crippen molar-refractivity contribution >= 4 is 0 Å². The maximum Gasteiger partial charge on any atom is 0.328 e. The SMILES string of the molecule is CCCC(C1C(CC)CC1C(C)C)n1ccn(Cc2cnccc2-c2ccccc2-c2nn[nH]n2)c1=O. The number of rotatable bonds is 10. The van der Waals surface area contributed by atoms with Gasteiger partial charge in [-0.15, -0.1) is 10.2 Å². The molecule has 8 nitrogen and oxygen atoms in total. The Morgan fingerprint density at radius 3 is 2.59 bits per heavy atom. The van der Waals surface area contributed by atoms with E-state index in [0.29, 0.717) is 36.0 Å². The summed E-state index contributed by atoms with van der Waals surface area (Å²) in [4.78, 5) is 18.2. The molecule has 0 radical (unpaired) electrons. The number of aromatic nitrogens is 7. The molecule has 4 aromatic rings. The fourth-order valence-electron chi connectivity index (χ4n) is 6.37. The van der Waals surface area contributed by atoms with Crippen LogP contribution in [0.2, 0.25) is 0 Å². The third-order valence-corrected chi connectivity index (χ3v) is 8.30. The number of hydrogen-bond acceptors (Lipinski definition) is 5. The minimum atomic E-state index is 0.0592. The summed E-state index contributed by atoms with van der Waals surface area (Å²) in [7, 11) is 0. The Labute approximate surface area is 218 Å². The predicted octanol–water partition coefficient (Wildman–Crippen LogP) is 5.60. The van der Waals surface area contributed by atoms with Gasteiger partial charge < -0.3 is 0 Å². The second kappa shape index (κ2) is 10.8. The zero-order valence-corrected chi connectivity index (χ0v) is 22.2. The molecule has 4 unspecified atom stereocenters. The van der Waals surface area contributed by atoms with Crippen LogP contribution in [0.1, 0.15) is 65.0 Å². The highest BCUT2D eigenvalue weighted by Crippen LogP contribution is 2.52. The number of H-pyrrole nitrogens is 1. The topological polar surface area (TPSA) is 94.3 Å². The number of hydrogen-bond donors (Lipinski definition) is 1. The molecule has 0 amide bonds. The van der Waals surface area contributed by atoms with Gasteiger partial charge in [-0.25, -0.2) is 4.79 Å². The molecule has 1 fully saturated rings. The van der Waals surface area contributed by atoms with E-state index in [1.165, 1.54) is 12.8 Å². The highest BCUT2D eigenvalue weighted by molar-refractivity contribution is 5.81. The first kappa shape index (κ1) is 25.1. The number of benzene rings is 1. The first-order valence-corrected chi connectivity index (χ1v) is 13.6. The third-order valence-electron chi connectivity index (χ3n) is 8.30. The van der Waals surface area contributed by atoms with Gasteiger partial charge >= 0.3 is 5.69 Å². The molecule has 5 rings (SSSR count). The summed E-state index contributed by atoms with van der Waals surface area (Å²) >= 11 is 0. The quantitative estimate of drug-likeness (QED) is 0.306. The van der Waals surface area contributed by atoms with E-state index in [9.17, 15) is 4.79 Å². The van der Waals surface area contributed by atoms with E-state index in [1.807, 2.05) is 58.1 Å². The molecule has 194 valence electrons. The van der Waals surface area contributed by atoms with Crippen LogP contribution < -0.4 is 5.69 Å². The van der Waals surface area contributed by atoms with Crippen molar-refractivity contribution in [2.24, 2.45) is 23.7 Å². The molecule has 1 aromatic carbocycles. The Hall–Kier alpha value is -3.55. The van der Waals surface area contributed by atoms with Crippen molar-refractivity contribution in [3.05, 3.63) is 71.2 Å². The third kappa shape index (κ3) is 4.77. The lowest BCUT2D eigenvalue weighted by molar-refractivity contribution is -0.0130. The largest absolute Gasteiger partial charge is 0.328 e. The van der Waals surface area contributed by atoms with Crippen LogP contribution in [0.4, 0.5) is 0 Å². The lowest BCUT2D eigenvalue weighted by Crippen LogP contribution is -2.46. The van der Waals surface area contributed by atoms with Crippen molar-refractivity contribution in [3.63, 3.8) is 0 Å². The second-order valence-electron chi connectivity index (χ2n) is 10.7. The summed E-state index contributed by atoms with van der Waals surface area (Å²) in [6.07, 6.45) is 12.2. The average Bonchev–Trinajstić information content (AvgIpc) is 3.54. The molecule has 0 saturated heterocycles. The van der Waals surface area contributed by atoms with E-state index in [0.717, 1.165) is 35.1 Å². The molecular weight excluding hydrogens is 462 g/mol. The molecule has 8 heteroatoms. The van der Waals surface area contributed by atoms with Crippen LogP contribution in [0.15, 0.2) is 59.9 Å². The molecule has 0 bridgehead atoms. The van der Waals surface area contributed by atoms with E-state index in [2.05, 4.69) is 53.3 Å². The van der Waals surface area contributed by atoms with Crippen LogP contribution in [-0.2, 0) is 6.54 Å².